The second kappa shape index (κ2) is 6.32. The molecule has 0 amide bonds. The molecule has 0 saturated heterocycles. The Morgan fingerprint density at radius 1 is 1.15 bits per heavy atom. The Labute approximate surface area is 118 Å². The van der Waals surface area contributed by atoms with E-state index < -0.39 is 0 Å². The second-order valence-corrected chi connectivity index (χ2v) is 4.54. The third kappa shape index (κ3) is 3.23. The molecule has 0 spiro atoms. The van der Waals surface area contributed by atoms with E-state index in [1.54, 1.807) is 18.2 Å². The van der Waals surface area contributed by atoms with Gasteiger partial charge in [-0.2, -0.15) is 0 Å². The van der Waals surface area contributed by atoms with E-state index in [0.717, 1.165) is 30.2 Å². The molecule has 2 aromatic rings. The molecule has 4 nitrogen and oxygen atoms in total. The number of hydrogen-bond donors (Lipinski definition) is 1. The Morgan fingerprint density at radius 3 is 2.45 bits per heavy atom. The van der Waals surface area contributed by atoms with Gasteiger partial charge in [-0.3, -0.25) is 0 Å². The molecule has 1 aromatic carbocycles. The molecule has 0 fully saturated rings. The molecule has 1 heterocycles. The minimum Gasteiger partial charge on any atom is -0.384 e. The van der Waals surface area contributed by atoms with Crippen LogP contribution in [0.25, 0.3) is 0 Å². The number of aromatic nitrogens is 2. The van der Waals surface area contributed by atoms with Crippen LogP contribution in [0.4, 0.5) is 21.7 Å². The number of anilines is 3. The lowest BCUT2D eigenvalue weighted by Crippen LogP contribution is -2.19. The highest BCUT2D eigenvalue weighted by atomic mass is 19.1. The number of rotatable bonds is 5. The average Bonchev–Trinajstić information content (AvgIpc) is 2.41. The largest absolute Gasteiger partial charge is 0.384 e. The first-order valence-corrected chi connectivity index (χ1v) is 6.80. The Morgan fingerprint density at radius 2 is 1.85 bits per heavy atom. The summed E-state index contributed by atoms with van der Waals surface area (Å²) in [5, 5.41) is 0. The lowest BCUT2D eigenvalue weighted by Gasteiger charge is -2.22. The molecule has 0 radical (unpaired) electrons. The zero-order valence-corrected chi connectivity index (χ0v) is 11.8. The number of halogens is 1. The van der Waals surface area contributed by atoms with Crippen molar-refractivity contribution >= 4 is 17.3 Å². The summed E-state index contributed by atoms with van der Waals surface area (Å²) >= 11 is 0. The summed E-state index contributed by atoms with van der Waals surface area (Å²) in [5.41, 5.74) is 6.73. The highest BCUT2D eigenvalue weighted by molar-refractivity contribution is 5.61. The van der Waals surface area contributed by atoms with Crippen molar-refractivity contribution < 1.29 is 4.39 Å². The fourth-order valence-electron chi connectivity index (χ4n) is 2.07. The maximum absolute atomic E-state index is 13.0. The second-order valence-electron chi connectivity index (χ2n) is 4.54. The van der Waals surface area contributed by atoms with Gasteiger partial charge >= 0.3 is 0 Å². The molecule has 2 rings (SSSR count). The van der Waals surface area contributed by atoms with Crippen LogP contribution in [0.2, 0.25) is 0 Å². The molecule has 0 aliphatic carbocycles. The van der Waals surface area contributed by atoms with Gasteiger partial charge in [0.1, 0.15) is 23.3 Å². The first-order chi connectivity index (χ1) is 9.63. The molecule has 2 N–H and O–H groups in total. The fourth-order valence-corrected chi connectivity index (χ4v) is 2.07. The molecule has 5 heteroatoms. The van der Waals surface area contributed by atoms with Crippen molar-refractivity contribution in [3.05, 3.63) is 42.0 Å². The average molecular weight is 274 g/mol. The van der Waals surface area contributed by atoms with Crippen LogP contribution in [0.5, 0.6) is 0 Å². The number of hydrogen-bond acceptors (Lipinski definition) is 4. The molecular formula is C15H19FN4. The predicted molar refractivity (Wildman–Crippen MR) is 79.5 cm³/mol. The lowest BCUT2D eigenvalue weighted by atomic mass is 10.2. The Kier molecular flexibility index (Phi) is 4.50. The fraction of sp³-hybridized carbons (Fsp3) is 0.333. The molecule has 20 heavy (non-hydrogen) atoms. The predicted octanol–water partition coefficient (Wildman–Crippen LogP) is 3.31. The summed E-state index contributed by atoms with van der Waals surface area (Å²) in [4.78, 5) is 10.7. The van der Waals surface area contributed by atoms with Gasteiger partial charge in [0.05, 0.1) is 0 Å². The Bertz CT molecular complexity index is 569. The Hall–Kier alpha value is -2.17. The number of benzene rings is 1. The molecule has 0 aliphatic heterocycles. The zero-order chi connectivity index (χ0) is 14.5. The van der Waals surface area contributed by atoms with Crippen molar-refractivity contribution in [2.45, 2.75) is 26.7 Å². The van der Waals surface area contributed by atoms with Gasteiger partial charge in [-0.1, -0.05) is 6.92 Å². The summed E-state index contributed by atoms with van der Waals surface area (Å²) < 4.78 is 13.0. The third-order valence-electron chi connectivity index (χ3n) is 2.98. The number of nitrogens with two attached hydrogens (primary N) is 1. The SMILES string of the molecule is CCCc1nc(N)cc(N(CC)c2ccc(F)cc2)n1. The molecule has 0 unspecified atom stereocenters. The lowest BCUT2D eigenvalue weighted by molar-refractivity contribution is 0.627. The highest BCUT2D eigenvalue weighted by Gasteiger charge is 2.11. The van der Waals surface area contributed by atoms with Gasteiger partial charge in [0.2, 0.25) is 0 Å². The van der Waals surface area contributed by atoms with Crippen LogP contribution in [-0.4, -0.2) is 16.5 Å². The van der Waals surface area contributed by atoms with Gasteiger partial charge in [-0.05, 0) is 37.6 Å². The standard InChI is InChI=1S/C15H19FN4/c1-3-5-14-18-13(17)10-15(19-14)20(4-2)12-8-6-11(16)7-9-12/h6-10H,3-5H2,1-2H3,(H2,17,18,19). The van der Waals surface area contributed by atoms with Crippen LogP contribution >= 0.6 is 0 Å². The van der Waals surface area contributed by atoms with Gasteiger partial charge in [-0.25, -0.2) is 14.4 Å². The van der Waals surface area contributed by atoms with Crippen molar-refractivity contribution in [2.24, 2.45) is 0 Å². The smallest absolute Gasteiger partial charge is 0.138 e. The maximum atomic E-state index is 13.0. The summed E-state index contributed by atoms with van der Waals surface area (Å²) in [7, 11) is 0. The van der Waals surface area contributed by atoms with Gasteiger partial charge < -0.3 is 10.6 Å². The quantitative estimate of drug-likeness (QED) is 0.908. The first kappa shape index (κ1) is 14.2. The summed E-state index contributed by atoms with van der Waals surface area (Å²) in [6.45, 7) is 4.80. The topological polar surface area (TPSA) is 55.0 Å². The molecule has 0 aliphatic rings. The molecular weight excluding hydrogens is 255 g/mol. The van der Waals surface area contributed by atoms with E-state index >= 15 is 0 Å². The van der Waals surface area contributed by atoms with Crippen LogP contribution in [0, 0.1) is 5.82 Å². The molecule has 1 aromatic heterocycles. The molecule has 0 saturated carbocycles. The van der Waals surface area contributed by atoms with E-state index in [0.29, 0.717) is 12.4 Å². The maximum Gasteiger partial charge on any atom is 0.138 e. The van der Waals surface area contributed by atoms with Crippen LogP contribution in [0.1, 0.15) is 26.1 Å². The molecule has 0 atom stereocenters. The van der Waals surface area contributed by atoms with Crippen molar-refractivity contribution in [1.29, 1.82) is 0 Å². The molecule has 106 valence electrons. The summed E-state index contributed by atoms with van der Waals surface area (Å²) in [6.07, 6.45) is 1.75. The van der Waals surface area contributed by atoms with Crippen LogP contribution in [0.15, 0.2) is 30.3 Å². The van der Waals surface area contributed by atoms with Crippen molar-refractivity contribution in [1.82, 2.24) is 9.97 Å². The number of nitrogen functional groups attached to an aromatic ring is 1. The Balaban J connectivity index is 2.38. The van der Waals surface area contributed by atoms with Gasteiger partial charge in [0.15, 0.2) is 0 Å². The van der Waals surface area contributed by atoms with Gasteiger partial charge in [0.25, 0.3) is 0 Å². The first-order valence-electron chi connectivity index (χ1n) is 6.80. The van der Waals surface area contributed by atoms with E-state index in [-0.39, 0.29) is 5.82 Å². The van der Waals surface area contributed by atoms with Gasteiger partial charge in [0, 0.05) is 24.7 Å². The van der Waals surface area contributed by atoms with Gasteiger partial charge in [-0.15, -0.1) is 0 Å². The van der Waals surface area contributed by atoms with Crippen molar-refractivity contribution in [3.8, 4) is 0 Å². The van der Waals surface area contributed by atoms with E-state index in [4.69, 9.17) is 5.73 Å². The summed E-state index contributed by atoms with van der Waals surface area (Å²) in [6, 6.07) is 8.09. The monoisotopic (exact) mass is 274 g/mol. The highest BCUT2D eigenvalue weighted by Crippen LogP contribution is 2.24. The van der Waals surface area contributed by atoms with E-state index in [1.807, 2.05) is 11.8 Å². The third-order valence-corrected chi connectivity index (χ3v) is 2.98. The minimum atomic E-state index is -0.251. The zero-order valence-electron chi connectivity index (χ0n) is 11.8. The van der Waals surface area contributed by atoms with E-state index in [2.05, 4.69) is 16.9 Å². The van der Waals surface area contributed by atoms with Crippen LogP contribution in [0.3, 0.4) is 0 Å². The molecule has 0 bridgehead atoms. The summed E-state index contributed by atoms with van der Waals surface area (Å²) in [5.74, 6) is 1.69. The number of aryl methyl sites for hydroxylation is 1. The normalized spacial score (nSPS) is 10.6. The van der Waals surface area contributed by atoms with E-state index in [1.165, 1.54) is 12.1 Å². The van der Waals surface area contributed by atoms with E-state index in [9.17, 15) is 4.39 Å². The minimum absolute atomic E-state index is 0.251. The number of nitrogens with zero attached hydrogens (tertiary/aromatic N) is 3. The van der Waals surface area contributed by atoms with Crippen LogP contribution < -0.4 is 10.6 Å². The van der Waals surface area contributed by atoms with Crippen LogP contribution in [-0.2, 0) is 6.42 Å². The van der Waals surface area contributed by atoms with Crippen molar-refractivity contribution in [2.75, 3.05) is 17.2 Å². The van der Waals surface area contributed by atoms with Crippen molar-refractivity contribution in [3.63, 3.8) is 0 Å².